The van der Waals surface area contributed by atoms with Crippen LogP contribution in [0.15, 0.2) is 121 Å². The van der Waals surface area contributed by atoms with Gasteiger partial charge in [-0.3, -0.25) is 0 Å². The first-order valence-corrected chi connectivity index (χ1v) is 12.8. The fraction of sp³-hybridized carbons (Fsp3) is 0.176. The highest BCUT2D eigenvalue weighted by Gasteiger charge is 2.09. The van der Waals surface area contributed by atoms with Gasteiger partial charge in [0.15, 0.2) is 0 Å². The number of anilines is 2. The molecular weight excluding hydrogens is 436 g/mol. The van der Waals surface area contributed by atoms with E-state index in [0.29, 0.717) is 0 Å². The molecule has 36 heavy (non-hydrogen) atoms. The maximum Gasteiger partial charge on any atom is 0.0366 e. The molecule has 0 radical (unpaired) electrons. The minimum atomic E-state index is 1.00. The molecule has 182 valence electrons. The lowest BCUT2D eigenvalue weighted by Crippen LogP contribution is -2.21. The highest BCUT2D eigenvalue weighted by Crippen LogP contribution is 2.30. The van der Waals surface area contributed by atoms with Gasteiger partial charge < -0.3 is 9.80 Å². The predicted molar refractivity (Wildman–Crippen MR) is 158 cm³/mol. The smallest absolute Gasteiger partial charge is 0.0366 e. The normalized spacial score (nSPS) is 11.2. The highest BCUT2D eigenvalue weighted by molar-refractivity contribution is 5.86. The van der Waals surface area contributed by atoms with E-state index >= 15 is 0 Å². The summed E-state index contributed by atoms with van der Waals surface area (Å²) in [6.07, 6.45) is 4.53. The minimum absolute atomic E-state index is 1.00. The van der Waals surface area contributed by atoms with E-state index in [1.807, 2.05) is 0 Å². The monoisotopic (exact) mass is 472 g/mol. The first-order chi connectivity index (χ1) is 17.6. The fourth-order valence-electron chi connectivity index (χ4n) is 4.50. The average molecular weight is 473 g/mol. The Morgan fingerprint density at radius 2 is 0.861 bits per heavy atom. The Bertz CT molecular complexity index is 1240. The molecule has 0 atom stereocenters. The Labute approximate surface area is 216 Å². The summed E-state index contributed by atoms with van der Waals surface area (Å²) in [5.41, 5.74) is 9.69. The first-order valence-electron chi connectivity index (χ1n) is 12.8. The van der Waals surface area contributed by atoms with Gasteiger partial charge in [0.1, 0.15) is 0 Å². The van der Waals surface area contributed by atoms with Crippen LogP contribution in [0.25, 0.3) is 11.1 Å². The summed E-state index contributed by atoms with van der Waals surface area (Å²) < 4.78 is 0. The average Bonchev–Trinajstić information content (AvgIpc) is 2.93. The second-order valence-electron chi connectivity index (χ2n) is 9.05. The van der Waals surface area contributed by atoms with Crippen molar-refractivity contribution in [3.63, 3.8) is 0 Å². The van der Waals surface area contributed by atoms with Gasteiger partial charge in [0.2, 0.25) is 0 Å². The molecule has 0 fully saturated rings. The van der Waals surface area contributed by atoms with Crippen molar-refractivity contribution in [3.05, 3.63) is 144 Å². The molecule has 2 nitrogen and oxygen atoms in total. The molecule has 4 rings (SSSR count). The maximum atomic E-state index is 2.38. The number of rotatable bonds is 9. The Morgan fingerprint density at radius 3 is 1.22 bits per heavy atom. The second-order valence-corrected chi connectivity index (χ2v) is 9.05. The van der Waals surface area contributed by atoms with Crippen LogP contribution in [0.1, 0.15) is 36.1 Å². The molecule has 0 bridgehead atoms. The van der Waals surface area contributed by atoms with Crippen LogP contribution in [0.3, 0.4) is 0 Å². The van der Waals surface area contributed by atoms with E-state index in [0.717, 1.165) is 13.1 Å². The van der Waals surface area contributed by atoms with Crippen LogP contribution in [0, 0.1) is 0 Å². The summed E-state index contributed by atoms with van der Waals surface area (Å²) in [7, 11) is 4.15. The molecule has 0 aliphatic carbocycles. The molecule has 0 N–H and O–H groups in total. The van der Waals surface area contributed by atoms with Crippen LogP contribution in [0.4, 0.5) is 11.4 Å². The van der Waals surface area contributed by atoms with Crippen molar-refractivity contribution in [1.29, 1.82) is 0 Å². The van der Waals surface area contributed by atoms with E-state index in [9.17, 15) is 0 Å². The molecule has 4 aromatic carbocycles. The zero-order valence-corrected chi connectivity index (χ0v) is 21.9. The standard InChI is InChI=1S/C34H36N2/c1-5-36(6-2)32-23-19-30(20-24-32)34(29-17-21-31(22-18-29)35(3)4)26-25-33(27-13-9-7-10-14-27)28-15-11-8-12-16-28/h7-26H,5-6H2,1-4H3/b34-26-. The van der Waals surface area contributed by atoms with Gasteiger partial charge in [-0.15, -0.1) is 0 Å². The number of benzene rings is 4. The molecule has 0 aliphatic heterocycles. The number of nitrogens with zero attached hydrogens (tertiary/aromatic N) is 2. The van der Waals surface area contributed by atoms with Gasteiger partial charge in [0.05, 0.1) is 0 Å². The quantitative estimate of drug-likeness (QED) is 0.227. The lowest BCUT2D eigenvalue weighted by molar-refractivity contribution is 0.866. The molecule has 0 amide bonds. The summed E-state index contributed by atoms with van der Waals surface area (Å²) in [4.78, 5) is 4.51. The van der Waals surface area contributed by atoms with Crippen molar-refractivity contribution in [2.75, 3.05) is 37.0 Å². The van der Waals surface area contributed by atoms with Crippen LogP contribution < -0.4 is 9.80 Å². The number of hydrogen-bond acceptors (Lipinski definition) is 2. The van der Waals surface area contributed by atoms with Crippen LogP contribution in [-0.4, -0.2) is 27.2 Å². The Kier molecular flexibility index (Phi) is 8.41. The molecule has 2 heteroatoms. The highest BCUT2D eigenvalue weighted by atomic mass is 15.1. The lowest BCUT2D eigenvalue weighted by atomic mass is 9.93. The molecule has 0 unspecified atom stereocenters. The summed E-state index contributed by atoms with van der Waals surface area (Å²) in [5.74, 6) is 0. The van der Waals surface area contributed by atoms with E-state index in [-0.39, 0.29) is 0 Å². The van der Waals surface area contributed by atoms with E-state index in [1.54, 1.807) is 0 Å². The SMILES string of the molecule is CCN(CC)c1ccc(/C(=C\C=C(c2ccccc2)c2ccccc2)c2ccc(N(C)C)cc2)cc1. The van der Waals surface area contributed by atoms with Crippen LogP contribution in [0.2, 0.25) is 0 Å². The zero-order chi connectivity index (χ0) is 25.3. The van der Waals surface area contributed by atoms with E-state index in [4.69, 9.17) is 0 Å². The summed E-state index contributed by atoms with van der Waals surface area (Å²) in [5, 5.41) is 0. The summed E-state index contributed by atoms with van der Waals surface area (Å²) in [6.45, 7) is 6.42. The zero-order valence-electron chi connectivity index (χ0n) is 21.9. The van der Waals surface area contributed by atoms with Crippen LogP contribution >= 0.6 is 0 Å². The van der Waals surface area contributed by atoms with Crippen molar-refractivity contribution in [2.24, 2.45) is 0 Å². The summed E-state index contributed by atoms with van der Waals surface area (Å²) >= 11 is 0. The molecule has 0 saturated heterocycles. The Balaban J connectivity index is 1.83. The predicted octanol–water partition coefficient (Wildman–Crippen LogP) is 8.16. The third-order valence-electron chi connectivity index (χ3n) is 6.59. The van der Waals surface area contributed by atoms with Crippen molar-refractivity contribution in [3.8, 4) is 0 Å². The molecule has 0 aromatic heterocycles. The van der Waals surface area contributed by atoms with Gasteiger partial charge in [0, 0.05) is 38.6 Å². The largest absolute Gasteiger partial charge is 0.378 e. The third-order valence-corrected chi connectivity index (χ3v) is 6.59. The van der Waals surface area contributed by atoms with E-state index < -0.39 is 0 Å². The molecule has 4 aromatic rings. The van der Waals surface area contributed by atoms with Crippen molar-refractivity contribution in [2.45, 2.75) is 13.8 Å². The molecular formula is C34H36N2. The molecule has 0 spiro atoms. The molecule has 0 saturated carbocycles. The van der Waals surface area contributed by atoms with E-state index in [1.165, 1.54) is 44.8 Å². The van der Waals surface area contributed by atoms with Gasteiger partial charge in [-0.2, -0.15) is 0 Å². The van der Waals surface area contributed by atoms with Crippen molar-refractivity contribution in [1.82, 2.24) is 0 Å². The maximum absolute atomic E-state index is 2.38. The van der Waals surface area contributed by atoms with Crippen molar-refractivity contribution >= 4 is 22.5 Å². The lowest BCUT2D eigenvalue weighted by Gasteiger charge is -2.21. The summed E-state index contributed by atoms with van der Waals surface area (Å²) in [6, 6.07) is 39.0. The second kappa shape index (κ2) is 12.1. The minimum Gasteiger partial charge on any atom is -0.378 e. The van der Waals surface area contributed by atoms with E-state index in [2.05, 4.69) is 159 Å². The third kappa shape index (κ3) is 5.95. The van der Waals surface area contributed by atoms with Crippen molar-refractivity contribution < 1.29 is 0 Å². The molecule has 0 heterocycles. The Morgan fingerprint density at radius 1 is 0.500 bits per heavy atom. The van der Waals surface area contributed by atoms with Gasteiger partial charge >= 0.3 is 0 Å². The fourth-order valence-corrected chi connectivity index (χ4v) is 4.50. The topological polar surface area (TPSA) is 6.48 Å². The number of hydrogen-bond donors (Lipinski definition) is 0. The van der Waals surface area contributed by atoms with Gasteiger partial charge in [-0.25, -0.2) is 0 Å². The molecule has 0 aliphatic rings. The van der Waals surface area contributed by atoms with Gasteiger partial charge in [-0.1, -0.05) is 97.1 Å². The first kappa shape index (κ1) is 25.1. The Hall–Kier alpha value is -4.04. The van der Waals surface area contributed by atoms with Crippen LogP contribution in [-0.2, 0) is 0 Å². The van der Waals surface area contributed by atoms with Gasteiger partial charge in [0.25, 0.3) is 0 Å². The van der Waals surface area contributed by atoms with Crippen LogP contribution in [0.5, 0.6) is 0 Å². The number of allylic oxidation sites excluding steroid dienone is 2. The van der Waals surface area contributed by atoms with Gasteiger partial charge in [-0.05, 0) is 71.5 Å².